The maximum Gasteiger partial charge on any atom is 0.123 e. The summed E-state index contributed by atoms with van der Waals surface area (Å²) >= 11 is 0. The average molecular weight is 216 g/mol. The zero-order valence-corrected chi connectivity index (χ0v) is 10.2. The van der Waals surface area contributed by atoms with Crippen LogP contribution in [0.5, 0.6) is 5.75 Å². The van der Waals surface area contributed by atoms with Crippen molar-refractivity contribution in [3.05, 3.63) is 29.8 Å². The van der Waals surface area contributed by atoms with Crippen molar-refractivity contribution < 1.29 is 4.74 Å². The summed E-state index contributed by atoms with van der Waals surface area (Å²) in [7, 11) is 0. The second-order valence-electron chi connectivity index (χ2n) is 5.58. The van der Waals surface area contributed by atoms with E-state index in [1.54, 1.807) is 0 Å². The summed E-state index contributed by atoms with van der Waals surface area (Å²) in [5.41, 5.74) is 1.83. The topological polar surface area (TPSA) is 9.23 Å². The second-order valence-corrected chi connectivity index (χ2v) is 5.58. The molecule has 0 N–H and O–H groups in total. The molecule has 86 valence electrons. The Kier molecular flexibility index (Phi) is 2.24. The van der Waals surface area contributed by atoms with Crippen LogP contribution in [0.25, 0.3) is 0 Å². The molecule has 0 radical (unpaired) electrons. The van der Waals surface area contributed by atoms with Crippen molar-refractivity contribution in [1.29, 1.82) is 0 Å². The second kappa shape index (κ2) is 3.51. The first-order valence-corrected chi connectivity index (χ1v) is 6.50. The molecule has 1 heteroatoms. The quantitative estimate of drug-likeness (QED) is 0.685. The first kappa shape index (κ1) is 10.2. The lowest BCUT2D eigenvalue weighted by Gasteiger charge is -2.41. The van der Waals surface area contributed by atoms with Crippen LogP contribution in [0.4, 0.5) is 0 Å². The number of benzene rings is 1. The number of rotatable bonds is 1. The van der Waals surface area contributed by atoms with Gasteiger partial charge in [0.2, 0.25) is 0 Å². The van der Waals surface area contributed by atoms with E-state index >= 15 is 0 Å². The van der Waals surface area contributed by atoms with Crippen LogP contribution in [0.2, 0.25) is 0 Å². The molecule has 0 spiro atoms. The van der Waals surface area contributed by atoms with Gasteiger partial charge in [0.25, 0.3) is 0 Å². The highest BCUT2D eigenvalue weighted by Gasteiger charge is 2.47. The number of para-hydroxylation sites is 1. The van der Waals surface area contributed by atoms with Crippen molar-refractivity contribution in [2.45, 2.75) is 51.6 Å². The fourth-order valence-corrected chi connectivity index (χ4v) is 3.46. The van der Waals surface area contributed by atoms with Gasteiger partial charge in [-0.05, 0) is 25.3 Å². The SMILES string of the molecule is CCC1(C)CCCC2c3ccccc3OC21. The molecule has 0 saturated heterocycles. The van der Waals surface area contributed by atoms with E-state index < -0.39 is 0 Å². The Balaban J connectivity index is 2.00. The third-order valence-electron chi connectivity index (χ3n) is 4.70. The molecule has 1 aromatic carbocycles. The molecule has 1 nitrogen and oxygen atoms in total. The highest BCUT2D eigenvalue weighted by atomic mass is 16.5. The van der Waals surface area contributed by atoms with Crippen LogP contribution in [0.1, 0.15) is 51.0 Å². The molecule has 1 saturated carbocycles. The molecule has 3 atom stereocenters. The first-order chi connectivity index (χ1) is 7.74. The fourth-order valence-electron chi connectivity index (χ4n) is 3.46. The Hall–Kier alpha value is -0.980. The van der Waals surface area contributed by atoms with Gasteiger partial charge in [-0.3, -0.25) is 0 Å². The molecule has 1 aliphatic carbocycles. The Morgan fingerprint density at radius 1 is 1.38 bits per heavy atom. The summed E-state index contributed by atoms with van der Waals surface area (Å²) < 4.78 is 6.22. The molecule has 1 fully saturated rings. The van der Waals surface area contributed by atoms with E-state index in [9.17, 15) is 0 Å². The minimum atomic E-state index is 0.377. The lowest BCUT2D eigenvalue weighted by molar-refractivity contribution is 0.0209. The zero-order valence-electron chi connectivity index (χ0n) is 10.2. The maximum atomic E-state index is 6.22. The number of hydrogen-bond acceptors (Lipinski definition) is 1. The van der Waals surface area contributed by atoms with Crippen molar-refractivity contribution in [2.24, 2.45) is 5.41 Å². The van der Waals surface area contributed by atoms with E-state index in [1.165, 1.54) is 31.2 Å². The van der Waals surface area contributed by atoms with E-state index in [0.717, 1.165) is 5.75 Å². The van der Waals surface area contributed by atoms with Crippen molar-refractivity contribution in [2.75, 3.05) is 0 Å². The number of fused-ring (bicyclic) bond motifs is 3. The highest BCUT2D eigenvalue weighted by molar-refractivity contribution is 5.42. The van der Waals surface area contributed by atoms with Crippen LogP contribution in [-0.2, 0) is 0 Å². The van der Waals surface area contributed by atoms with Gasteiger partial charge in [0.15, 0.2) is 0 Å². The van der Waals surface area contributed by atoms with Gasteiger partial charge < -0.3 is 4.74 Å². The van der Waals surface area contributed by atoms with E-state index in [4.69, 9.17) is 4.74 Å². The van der Waals surface area contributed by atoms with Crippen molar-refractivity contribution in [3.63, 3.8) is 0 Å². The van der Waals surface area contributed by atoms with E-state index in [2.05, 4.69) is 38.1 Å². The van der Waals surface area contributed by atoms with Gasteiger partial charge in [-0.25, -0.2) is 0 Å². The molecule has 0 bridgehead atoms. The minimum Gasteiger partial charge on any atom is -0.489 e. The molecule has 16 heavy (non-hydrogen) atoms. The standard InChI is InChI=1S/C15H20O/c1-3-15(2)10-6-8-12-11-7-4-5-9-13(11)16-14(12)15/h4-5,7,9,12,14H,3,6,8,10H2,1-2H3. The molecule has 0 amide bonds. The van der Waals surface area contributed by atoms with E-state index in [1.807, 2.05) is 0 Å². The van der Waals surface area contributed by atoms with Gasteiger partial charge >= 0.3 is 0 Å². The summed E-state index contributed by atoms with van der Waals surface area (Å²) in [6, 6.07) is 8.60. The summed E-state index contributed by atoms with van der Waals surface area (Å²) in [5, 5.41) is 0. The molecule has 0 aromatic heterocycles. The highest BCUT2D eigenvalue weighted by Crippen LogP contribution is 2.53. The monoisotopic (exact) mass is 216 g/mol. The smallest absolute Gasteiger partial charge is 0.123 e. The molecule has 2 aliphatic rings. The fraction of sp³-hybridized carbons (Fsp3) is 0.600. The Bertz CT molecular complexity index is 398. The predicted octanol–water partition coefficient (Wildman–Crippen LogP) is 4.13. The van der Waals surface area contributed by atoms with Gasteiger partial charge in [-0.1, -0.05) is 38.5 Å². The van der Waals surface area contributed by atoms with Crippen LogP contribution in [0.3, 0.4) is 0 Å². The lowest BCUT2D eigenvalue weighted by atomic mass is 9.66. The van der Waals surface area contributed by atoms with Gasteiger partial charge in [-0.2, -0.15) is 0 Å². The minimum absolute atomic E-state index is 0.377. The Morgan fingerprint density at radius 3 is 3.00 bits per heavy atom. The number of hydrogen-bond donors (Lipinski definition) is 0. The van der Waals surface area contributed by atoms with Gasteiger partial charge in [0.1, 0.15) is 11.9 Å². The van der Waals surface area contributed by atoms with E-state index in [0.29, 0.717) is 17.4 Å². The first-order valence-electron chi connectivity index (χ1n) is 6.50. The molecule has 1 aromatic rings. The zero-order chi connectivity index (χ0) is 11.2. The van der Waals surface area contributed by atoms with Crippen molar-refractivity contribution in [3.8, 4) is 5.75 Å². The predicted molar refractivity (Wildman–Crippen MR) is 65.8 cm³/mol. The summed E-state index contributed by atoms with van der Waals surface area (Å²) in [4.78, 5) is 0. The van der Waals surface area contributed by atoms with Gasteiger partial charge in [0.05, 0.1) is 0 Å². The molecule has 3 unspecified atom stereocenters. The molecule has 1 aliphatic heterocycles. The third kappa shape index (κ3) is 1.30. The Morgan fingerprint density at radius 2 is 2.19 bits per heavy atom. The molecule has 3 rings (SSSR count). The van der Waals surface area contributed by atoms with Gasteiger partial charge in [0, 0.05) is 16.9 Å². The summed E-state index contributed by atoms with van der Waals surface area (Å²) in [6.45, 7) is 4.70. The van der Waals surface area contributed by atoms with Crippen LogP contribution >= 0.6 is 0 Å². The third-order valence-corrected chi connectivity index (χ3v) is 4.70. The Labute approximate surface area is 97.8 Å². The van der Waals surface area contributed by atoms with Crippen LogP contribution < -0.4 is 4.74 Å². The molecular formula is C15H20O. The van der Waals surface area contributed by atoms with Gasteiger partial charge in [-0.15, -0.1) is 0 Å². The maximum absolute atomic E-state index is 6.22. The molecular weight excluding hydrogens is 196 g/mol. The normalized spacial score (nSPS) is 36.4. The molecule has 1 heterocycles. The van der Waals surface area contributed by atoms with Crippen LogP contribution in [-0.4, -0.2) is 6.10 Å². The van der Waals surface area contributed by atoms with Crippen LogP contribution in [0, 0.1) is 5.41 Å². The van der Waals surface area contributed by atoms with Crippen molar-refractivity contribution in [1.82, 2.24) is 0 Å². The average Bonchev–Trinajstić information content (AvgIpc) is 2.70. The van der Waals surface area contributed by atoms with Crippen molar-refractivity contribution >= 4 is 0 Å². The lowest BCUT2D eigenvalue weighted by Crippen LogP contribution is -2.41. The largest absolute Gasteiger partial charge is 0.489 e. The summed E-state index contributed by atoms with van der Waals surface area (Å²) in [5.74, 6) is 1.79. The van der Waals surface area contributed by atoms with Crippen LogP contribution in [0.15, 0.2) is 24.3 Å². The number of ether oxygens (including phenoxy) is 1. The van der Waals surface area contributed by atoms with E-state index in [-0.39, 0.29) is 0 Å². The summed E-state index contributed by atoms with van der Waals surface area (Å²) in [6.07, 6.45) is 5.62.